The number of carbonyl (C=O) groups excluding carboxylic acids is 3. The number of amides is 2. The number of likely N-dealkylation sites (tertiary alicyclic amines) is 1. The van der Waals surface area contributed by atoms with E-state index in [-0.39, 0.29) is 42.0 Å². The highest BCUT2D eigenvalue weighted by molar-refractivity contribution is 7.90. The van der Waals surface area contributed by atoms with E-state index in [2.05, 4.69) is 20.0 Å². The molecule has 2 aliphatic heterocycles. The molecule has 0 aliphatic carbocycles. The Bertz CT molecular complexity index is 2090. The van der Waals surface area contributed by atoms with Crippen molar-refractivity contribution in [3.05, 3.63) is 70.8 Å². The van der Waals surface area contributed by atoms with Crippen LogP contribution in [0.25, 0.3) is 10.8 Å². The number of rotatable bonds is 12. The Morgan fingerprint density at radius 2 is 1.83 bits per heavy atom. The van der Waals surface area contributed by atoms with Crippen molar-refractivity contribution in [2.45, 2.75) is 102 Å². The maximum atomic E-state index is 14.2. The van der Waals surface area contributed by atoms with Gasteiger partial charge in [-0.1, -0.05) is 42.5 Å². The van der Waals surface area contributed by atoms with E-state index in [1.807, 2.05) is 42.5 Å². The average molecular weight is 763 g/mol. The number of carbonyl (C=O) groups is 3. The number of fused-ring (bicyclic) bond motifs is 1. The zero-order chi connectivity index (χ0) is 39.4. The lowest BCUT2D eigenvalue weighted by Gasteiger charge is -2.29. The molecule has 0 bridgehead atoms. The second kappa shape index (κ2) is 16.5. The van der Waals surface area contributed by atoms with Crippen molar-refractivity contribution >= 4 is 50.6 Å². The van der Waals surface area contributed by atoms with Crippen LogP contribution in [-0.2, 0) is 35.5 Å². The molecule has 0 radical (unpaired) electrons. The normalized spacial score (nSPS) is 18.3. The second-order valence-corrected chi connectivity index (χ2v) is 16.2. The largest absolute Gasteiger partial charge is 0.496 e. The van der Waals surface area contributed by atoms with Crippen LogP contribution in [0.5, 0.6) is 5.75 Å². The number of methoxy groups -OCH3 is 1. The van der Waals surface area contributed by atoms with Gasteiger partial charge in [-0.25, -0.2) is 27.7 Å². The molecule has 5 rings (SSSR count). The van der Waals surface area contributed by atoms with E-state index >= 15 is 0 Å². The van der Waals surface area contributed by atoms with Gasteiger partial charge < -0.3 is 30.2 Å². The molecular weight excluding hydrogens is 713 g/mol. The third-order valence-corrected chi connectivity index (χ3v) is 11.1. The van der Waals surface area contributed by atoms with E-state index in [0.717, 1.165) is 16.3 Å². The molecule has 4 N–H and O–H groups in total. The van der Waals surface area contributed by atoms with Crippen molar-refractivity contribution < 1.29 is 37.0 Å². The van der Waals surface area contributed by atoms with Crippen molar-refractivity contribution in [1.82, 2.24) is 14.9 Å². The topological polar surface area (TPSA) is 191 Å². The minimum Gasteiger partial charge on any atom is -0.496 e. The quantitative estimate of drug-likeness (QED) is 0.102. The molecular formula is C39H50N6O8S. The molecule has 0 saturated carbocycles. The maximum absolute atomic E-state index is 14.2. The standard InChI is InChI=1S/C39H50N6O8S/c1-23-21-32(51-7)24(2)25(3)33(23)54(49,50)44-37(40)41-19-11-17-29-36(47)52-34(42-29)31-18-12-20-45(31)35(46)30(43-38(48)53-39(4,5)6)22-27-15-10-14-26-13-8-9-16-28(26)27/h8-10,13-16,21,29-31H,11-12,17-20,22H2,1-7H3,(H,43,48)(H3,40,41,44)/t29-,30?,31-/m0/s1. The number of alkyl carbamates (subject to hydrolysis) is 1. The summed E-state index contributed by atoms with van der Waals surface area (Å²) in [6.45, 7) is 10.9. The van der Waals surface area contributed by atoms with Gasteiger partial charge in [0.1, 0.15) is 23.4 Å². The van der Waals surface area contributed by atoms with Crippen LogP contribution in [0, 0.1) is 20.8 Å². The molecule has 3 aromatic carbocycles. The number of hydrogen-bond donors (Lipinski definition) is 3. The molecule has 2 heterocycles. The second-order valence-electron chi connectivity index (χ2n) is 14.6. The summed E-state index contributed by atoms with van der Waals surface area (Å²) in [5.74, 6) is -0.403. The third-order valence-electron chi connectivity index (χ3n) is 9.50. The molecule has 3 aromatic rings. The maximum Gasteiger partial charge on any atom is 0.408 e. The predicted molar refractivity (Wildman–Crippen MR) is 206 cm³/mol. The molecule has 0 spiro atoms. The first-order valence-corrected chi connectivity index (χ1v) is 19.5. The molecule has 2 amide bonds. The van der Waals surface area contributed by atoms with Gasteiger partial charge in [-0.3, -0.25) is 9.79 Å². The van der Waals surface area contributed by atoms with E-state index in [4.69, 9.17) is 19.9 Å². The Labute approximate surface area is 316 Å². The molecule has 15 heteroatoms. The number of nitrogens with one attached hydrogen (secondary N) is 2. The van der Waals surface area contributed by atoms with Gasteiger partial charge in [0.25, 0.3) is 10.0 Å². The van der Waals surface area contributed by atoms with Gasteiger partial charge in [0.2, 0.25) is 17.8 Å². The van der Waals surface area contributed by atoms with Crippen LogP contribution in [0.2, 0.25) is 0 Å². The summed E-state index contributed by atoms with van der Waals surface area (Å²) in [5.41, 5.74) is 7.84. The minimum absolute atomic E-state index is 0.106. The van der Waals surface area contributed by atoms with E-state index in [0.29, 0.717) is 48.2 Å². The fourth-order valence-corrected chi connectivity index (χ4v) is 8.40. The number of ether oxygens (including phenoxy) is 3. The third kappa shape index (κ3) is 9.30. The monoisotopic (exact) mass is 762 g/mol. The van der Waals surface area contributed by atoms with Gasteiger partial charge in [0, 0.05) is 19.5 Å². The van der Waals surface area contributed by atoms with Crippen LogP contribution in [-0.4, -0.2) is 87.1 Å². The molecule has 1 fully saturated rings. The highest BCUT2D eigenvalue weighted by atomic mass is 32.2. The SMILES string of the molecule is COc1cc(C)c(S(=O)(=O)NC(N)=NCCC[C@@H]2N=C([C@@H]3CCCN3C(=O)C(Cc3cccc4ccccc34)NC(=O)OC(C)(C)C)OC2=O)c(C)c1C. The summed E-state index contributed by atoms with van der Waals surface area (Å²) in [7, 11) is -2.50. The van der Waals surface area contributed by atoms with Crippen molar-refractivity contribution in [1.29, 1.82) is 0 Å². The van der Waals surface area contributed by atoms with Crippen LogP contribution in [0.3, 0.4) is 0 Å². The summed E-state index contributed by atoms with van der Waals surface area (Å²) in [4.78, 5) is 50.6. The Kier molecular flexibility index (Phi) is 12.2. The molecule has 290 valence electrons. The number of nitrogens with zero attached hydrogens (tertiary/aromatic N) is 3. The van der Waals surface area contributed by atoms with Crippen LogP contribution < -0.4 is 20.5 Å². The first-order chi connectivity index (χ1) is 25.5. The van der Waals surface area contributed by atoms with Gasteiger partial charge in [-0.15, -0.1) is 0 Å². The predicted octanol–water partition coefficient (Wildman–Crippen LogP) is 4.60. The number of benzene rings is 3. The van der Waals surface area contributed by atoms with Gasteiger partial charge in [0.05, 0.1) is 12.0 Å². The number of sulfonamides is 1. The summed E-state index contributed by atoms with van der Waals surface area (Å²) < 4.78 is 45.2. The van der Waals surface area contributed by atoms with Crippen LogP contribution in [0.1, 0.15) is 68.7 Å². The number of aryl methyl sites for hydroxylation is 1. The Morgan fingerprint density at radius 3 is 2.56 bits per heavy atom. The Balaban J connectivity index is 1.24. The number of hydrogen-bond acceptors (Lipinski definition) is 10. The summed E-state index contributed by atoms with van der Waals surface area (Å²) >= 11 is 0. The van der Waals surface area contributed by atoms with Crippen molar-refractivity contribution in [3.63, 3.8) is 0 Å². The number of esters is 1. The summed E-state index contributed by atoms with van der Waals surface area (Å²) in [6.07, 6.45) is 1.33. The highest BCUT2D eigenvalue weighted by Gasteiger charge is 2.42. The first kappa shape index (κ1) is 40.0. The van der Waals surface area contributed by atoms with E-state index in [1.165, 1.54) is 7.11 Å². The Hall–Kier alpha value is -5.18. The molecule has 1 saturated heterocycles. The highest BCUT2D eigenvalue weighted by Crippen LogP contribution is 2.31. The lowest BCUT2D eigenvalue weighted by molar-refractivity contribution is -0.137. The van der Waals surface area contributed by atoms with E-state index < -0.39 is 45.8 Å². The summed E-state index contributed by atoms with van der Waals surface area (Å²) in [5, 5.41) is 4.79. The van der Waals surface area contributed by atoms with Crippen LogP contribution in [0.4, 0.5) is 4.79 Å². The molecule has 1 unspecified atom stereocenters. The van der Waals surface area contributed by atoms with Gasteiger partial charge >= 0.3 is 12.1 Å². The zero-order valence-corrected chi connectivity index (χ0v) is 32.7. The van der Waals surface area contributed by atoms with Crippen molar-refractivity contribution in [3.8, 4) is 5.75 Å². The fraction of sp³-hybridized carbons (Fsp3) is 0.462. The van der Waals surface area contributed by atoms with Crippen LogP contribution >= 0.6 is 0 Å². The number of aliphatic imine (C=N–C) groups is 2. The Morgan fingerprint density at radius 1 is 1.11 bits per heavy atom. The first-order valence-electron chi connectivity index (χ1n) is 18.0. The zero-order valence-electron chi connectivity index (χ0n) is 31.9. The molecule has 3 atom stereocenters. The lowest BCUT2D eigenvalue weighted by Crippen LogP contribution is -2.53. The average Bonchev–Trinajstić information content (AvgIpc) is 3.73. The van der Waals surface area contributed by atoms with E-state index in [1.54, 1.807) is 52.5 Å². The van der Waals surface area contributed by atoms with Gasteiger partial charge in [0.15, 0.2) is 6.04 Å². The van der Waals surface area contributed by atoms with E-state index in [9.17, 15) is 22.8 Å². The summed E-state index contributed by atoms with van der Waals surface area (Å²) in [6, 6.07) is 13.0. The number of nitrogens with two attached hydrogens (primary N) is 1. The van der Waals surface area contributed by atoms with Gasteiger partial charge in [-0.05, 0) is 106 Å². The fourth-order valence-electron chi connectivity index (χ4n) is 6.92. The molecule has 54 heavy (non-hydrogen) atoms. The lowest BCUT2D eigenvalue weighted by atomic mass is 9.98. The number of cyclic esters (lactones) is 1. The molecule has 14 nitrogen and oxygen atoms in total. The molecule has 2 aliphatic rings. The number of guanidine groups is 1. The van der Waals surface area contributed by atoms with Crippen molar-refractivity contribution in [2.24, 2.45) is 15.7 Å². The van der Waals surface area contributed by atoms with Crippen molar-refractivity contribution in [2.75, 3.05) is 20.2 Å². The van der Waals surface area contributed by atoms with Crippen LogP contribution in [0.15, 0.2) is 63.4 Å². The smallest absolute Gasteiger partial charge is 0.408 e. The van der Waals surface area contributed by atoms with Gasteiger partial charge in [-0.2, -0.15) is 0 Å². The minimum atomic E-state index is -4.03. The molecule has 0 aromatic heterocycles.